The molecule has 0 spiro atoms. The monoisotopic (exact) mass is 277 g/mol. The second kappa shape index (κ2) is 6.84. The number of nitrogens with one attached hydrogen (secondary N) is 2. The average molecular weight is 277 g/mol. The summed E-state index contributed by atoms with van der Waals surface area (Å²) in [7, 11) is -3.11. The lowest BCUT2D eigenvalue weighted by Crippen LogP contribution is -2.46. The zero-order valence-corrected chi connectivity index (χ0v) is 12.6. The van der Waals surface area contributed by atoms with Crippen molar-refractivity contribution in [3.63, 3.8) is 0 Å². The maximum atomic E-state index is 11.8. The quantitative estimate of drug-likeness (QED) is 0.730. The van der Waals surface area contributed by atoms with Gasteiger partial charge in [0.15, 0.2) is 0 Å². The maximum Gasteiger partial charge on any atom is 0.211 e. The highest BCUT2D eigenvalue weighted by Gasteiger charge is 2.17. The zero-order valence-electron chi connectivity index (χ0n) is 11.8. The van der Waals surface area contributed by atoms with Crippen molar-refractivity contribution >= 4 is 10.0 Å². The SMILES string of the molecule is CC(C)(C)CCS(=O)(=O)NCCN1CCNCC1. The second-order valence-electron chi connectivity index (χ2n) is 6.12. The number of rotatable bonds is 6. The summed E-state index contributed by atoms with van der Waals surface area (Å²) in [4.78, 5) is 2.28. The summed E-state index contributed by atoms with van der Waals surface area (Å²) in [6.07, 6.45) is 0.690. The Labute approximate surface area is 111 Å². The van der Waals surface area contributed by atoms with Crippen LogP contribution in [0.1, 0.15) is 27.2 Å². The third-order valence-electron chi connectivity index (χ3n) is 3.08. The highest BCUT2D eigenvalue weighted by Crippen LogP contribution is 2.18. The molecule has 1 fully saturated rings. The number of hydrogen-bond acceptors (Lipinski definition) is 4. The molecule has 5 nitrogen and oxygen atoms in total. The number of hydrogen-bond donors (Lipinski definition) is 2. The molecular weight excluding hydrogens is 250 g/mol. The predicted molar refractivity (Wildman–Crippen MR) is 75.2 cm³/mol. The average Bonchev–Trinajstić information content (AvgIpc) is 2.27. The van der Waals surface area contributed by atoms with Crippen LogP contribution in [0.15, 0.2) is 0 Å². The van der Waals surface area contributed by atoms with E-state index in [1.807, 2.05) is 0 Å². The lowest BCUT2D eigenvalue weighted by atomic mass is 9.94. The Morgan fingerprint density at radius 3 is 2.39 bits per heavy atom. The van der Waals surface area contributed by atoms with E-state index in [9.17, 15) is 8.42 Å². The Morgan fingerprint density at radius 2 is 1.83 bits per heavy atom. The van der Waals surface area contributed by atoms with E-state index in [0.29, 0.717) is 13.0 Å². The van der Waals surface area contributed by atoms with E-state index in [1.165, 1.54) is 0 Å². The molecule has 0 amide bonds. The van der Waals surface area contributed by atoms with E-state index >= 15 is 0 Å². The molecule has 0 unspecified atom stereocenters. The molecule has 1 saturated heterocycles. The van der Waals surface area contributed by atoms with Crippen LogP contribution in [0.2, 0.25) is 0 Å². The van der Waals surface area contributed by atoms with Gasteiger partial charge in [0.1, 0.15) is 0 Å². The lowest BCUT2D eigenvalue weighted by molar-refractivity contribution is 0.245. The highest BCUT2D eigenvalue weighted by molar-refractivity contribution is 7.89. The van der Waals surface area contributed by atoms with Gasteiger partial charge in [0.05, 0.1) is 5.75 Å². The first-order valence-corrected chi connectivity index (χ1v) is 8.34. The molecule has 1 rings (SSSR count). The molecule has 108 valence electrons. The Balaban J connectivity index is 2.20. The van der Waals surface area contributed by atoms with Crippen molar-refractivity contribution in [2.24, 2.45) is 5.41 Å². The van der Waals surface area contributed by atoms with Gasteiger partial charge < -0.3 is 5.32 Å². The fourth-order valence-electron chi connectivity index (χ4n) is 1.81. The number of piperazine rings is 1. The summed E-state index contributed by atoms with van der Waals surface area (Å²) < 4.78 is 26.2. The van der Waals surface area contributed by atoms with Gasteiger partial charge in [-0.25, -0.2) is 13.1 Å². The van der Waals surface area contributed by atoms with Crippen molar-refractivity contribution in [3.8, 4) is 0 Å². The van der Waals surface area contributed by atoms with Gasteiger partial charge in [-0.1, -0.05) is 20.8 Å². The first-order valence-electron chi connectivity index (χ1n) is 6.69. The zero-order chi connectivity index (χ0) is 13.6. The topological polar surface area (TPSA) is 61.4 Å². The van der Waals surface area contributed by atoms with Crippen molar-refractivity contribution < 1.29 is 8.42 Å². The van der Waals surface area contributed by atoms with E-state index in [0.717, 1.165) is 32.7 Å². The van der Waals surface area contributed by atoms with Gasteiger partial charge in [0.25, 0.3) is 0 Å². The van der Waals surface area contributed by atoms with Gasteiger partial charge >= 0.3 is 0 Å². The molecule has 0 radical (unpaired) electrons. The van der Waals surface area contributed by atoms with Gasteiger partial charge in [-0.05, 0) is 11.8 Å². The predicted octanol–water partition coefficient (Wildman–Crippen LogP) is 0.247. The van der Waals surface area contributed by atoms with Crippen LogP contribution in [0.4, 0.5) is 0 Å². The van der Waals surface area contributed by atoms with Crippen LogP contribution in [0.5, 0.6) is 0 Å². The minimum Gasteiger partial charge on any atom is -0.314 e. The third-order valence-corrected chi connectivity index (χ3v) is 4.47. The van der Waals surface area contributed by atoms with Crippen molar-refractivity contribution in [1.82, 2.24) is 14.9 Å². The second-order valence-corrected chi connectivity index (χ2v) is 8.04. The molecular formula is C12H27N3O2S. The van der Waals surface area contributed by atoms with Crippen LogP contribution < -0.4 is 10.0 Å². The Kier molecular flexibility index (Phi) is 6.04. The highest BCUT2D eigenvalue weighted by atomic mass is 32.2. The normalized spacial score (nSPS) is 19.1. The molecule has 1 heterocycles. The molecule has 0 atom stereocenters. The van der Waals surface area contributed by atoms with E-state index in [4.69, 9.17) is 0 Å². The first kappa shape index (κ1) is 15.9. The molecule has 0 bridgehead atoms. The third kappa shape index (κ3) is 7.31. The van der Waals surface area contributed by atoms with Crippen LogP contribution in [0.3, 0.4) is 0 Å². The first-order chi connectivity index (χ1) is 8.29. The summed E-state index contributed by atoms with van der Waals surface area (Å²) in [6.45, 7) is 11.5. The van der Waals surface area contributed by atoms with Crippen molar-refractivity contribution in [3.05, 3.63) is 0 Å². The fraction of sp³-hybridized carbons (Fsp3) is 1.00. The number of nitrogens with zero attached hydrogens (tertiary/aromatic N) is 1. The van der Waals surface area contributed by atoms with Crippen molar-refractivity contribution in [2.75, 3.05) is 45.0 Å². The molecule has 0 aromatic rings. The summed E-state index contributed by atoms with van der Waals surface area (Å²) in [5.41, 5.74) is 0.0628. The molecule has 0 aromatic heterocycles. The largest absolute Gasteiger partial charge is 0.314 e. The van der Waals surface area contributed by atoms with E-state index in [2.05, 4.69) is 35.7 Å². The van der Waals surface area contributed by atoms with E-state index in [-0.39, 0.29) is 11.2 Å². The van der Waals surface area contributed by atoms with Crippen LogP contribution in [0, 0.1) is 5.41 Å². The molecule has 6 heteroatoms. The Morgan fingerprint density at radius 1 is 1.22 bits per heavy atom. The Bertz CT molecular complexity index is 330. The van der Waals surface area contributed by atoms with Crippen molar-refractivity contribution in [2.45, 2.75) is 27.2 Å². The maximum absolute atomic E-state index is 11.8. The van der Waals surface area contributed by atoms with E-state index < -0.39 is 10.0 Å². The van der Waals surface area contributed by atoms with E-state index in [1.54, 1.807) is 0 Å². The lowest BCUT2D eigenvalue weighted by Gasteiger charge is -2.27. The summed E-state index contributed by atoms with van der Waals surface area (Å²) in [5.74, 6) is 0.220. The molecule has 18 heavy (non-hydrogen) atoms. The minimum absolute atomic E-state index is 0.0628. The van der Waals surface area contributed by atoms with Gasteiger partial charge in [-0.15, -0.1) is 0 Å². The molecule has 1 aliphatic rings. The van der Waals surface area contributed by atoms with Gasteiger partial charge in [-0.3, -0.25) is 4.90 Å². The van der Waals surface area contributed by atoms with Crippen LogP contribution in [0.25, 0.3) is 0 Å². The standard InChI is InChI=1S/C12H27N3O2S/c1-12(2,3)4-11-18(16,17)14-7-10-15-8-5-13-6-9-15/h13-14H,4-11H2,1-3H3. The summed E-state index contributed by atoms with van der Waals surface area (Å²) in [5, 5.41) is 3.28. The van der Waals surface area contributed by atoms with Gasteiger partial charge in [0.2, 0.25) is 10.0 Å². The molecule has 0 aliphatic carbocycles. The molecule has 1 aliphatic heterocycles. The molecule has 0 aromatic carbocycles. The van der Waals surface area contributed by atoms with Crippen LogP contribution in [-0.2, 0) is 10.0 Å². The van der Waals surface area contributed by atoms with Gasteiger partial charge in [0, 0.05) is 39.3 Å². The van der Waals surface area contributed by atoms with Crippen LogP contribution in [-0.4, -0.2) is 58.3 Å². The summed E-state index contributed by atoms with van der Waals surface area (Å²) in [6, 6.07) is 0. The fourth-order valence-corrected chi connectivity index (χ4v) is 3.23. The van der Waals surface area contributed by atoms with Crippen LogP contribution >= 0.6 is 0 Å². The molecule has 0 saturated carbocycles. The number of sulfonamides is 1. The smallest absolute Gasteiger partial charge is 0.211 e. The Hall–Kier alpha value is -0.170. The molecule has 2 N–H and O–H groups in total. The summed E-state index contributed by atoms with van der Waals surface area (Å²) >= 11 is 0. The van der Waals surface area contributed by atoms with Crippen molar-refractivity contribution in [1.29, 1.82) is 0 Å². The van der Waals surface area contributed by atoms with Gasteiger partial charge in [-0.2, -0.15) is 0 Å². The minimum atomic E-state index is -3.11.